The van der Waals surface area contributed by atoms with Gasteiger partial charge in [-0.1, -0.05) is 67.0 Å². The van der Waals surface area contributed by atoms with Crippen molar-refractivity contribution in [1.29, 1.82) is 0 Å². The first-order valence-electron chi connectivity index (χ1n) is 9.32. The Balaban J connectivity index is 0.000000381. The van der Waals surface area contributed by atoms with Crippen LogP contribution in [0, 0.1) is 24.7 Å². The van der Waals surface area contributed by atoms with Gasteiger partial charge in [-0.25, -0.2) is 0 Å². The number of hydrogen-bond donors (Lipinski definition) is 1. The average Bonchev–Trinajstić information content (AvgIpc) is 2.80. The molecule has 0 spiro atoms. The van der Waals surface area contributed by atoms with Crippen LogP contribution in [0.1, 0.15) is 71.1 Å². The summed E-state index contributed by atoms with van der Waals surface area (Å²) in [7, 11) is 0. The van der Waals surface area contributed by atoms with E-state index in [4.69, 9.17) is 4.84 Å². The van der Waals surface area contributed by atoms with Gasteiger partial charge < -0.3 is 5.11 Å². The summed E-state index contributed by atoms with van der Waals surface area (Å²) in [4.78, 5) is 5.66. The minimum Gasteiger partial charge on any atom is -0.508 e. The molecule has 0 radical (unpaired) electrons. The minimum absolute atomic E-state index is 0.0132. The average molecular weight is 348 g/mol. The van der Waals surface area contributed by atoms with Gasteiger partial charge in [-0.15, -0.1) is 0 Å². The number of benzene rings is 1. The molecule has 0 unspecified atom stereocenters. The van der Waals surface area contributed by atoms with Crippen LogP contribution in [-0.2, 0) is 11.4 Å². The molecular formula is C22H37NO2. The molecule has 142 valence electrons. The highest BCUT2D eigenvalue weighted by atomic mass is 16.7. The summed E-state index contributed by atoms with van der Waals surface area (Å²) in [5.74, 6) is 0.333. The summed E-state index contributed by atoms with van der Waals surface area (Å²) in [6.07, 6.45) is 2.59. The van der Waals surface area contributed by atoms with Crippen molar-refractivity contribution in [2.24, 2.45) is 10.8 Å². The second-order valence-corrected chi connectivity index (χ2v) is 8.58. The zero-order chi connectivity index (χ0) is 19.4. The SMILES string of the molecule is C=C1N(Cc2cc(O)c(C)cc2C)OCC1(C)C.CCC(C)(C)CC. The predicted octanol–water partition coefficient (Wildman–Crippen LogP) is 6.13. The van der Waals surface area contributed by atoms with E-state index < -0.39 is 0 Å². The largest absolute Gasteiger partial charge is 0.508 e. The highest BCUT2D eigenvalue weighted by Crippen LogP contribution is 2.36. The van der Waals surface area contributed by atoms with Gasteiger partial charge in [0.25, 0.3) is 0 Å². The van der Waals surface area contributed by atoms with Gasteiger partial charge in [0.2, 0.25) is 0 Å². The summed E-state index contributed by atoms with van der Waals surface area (Å²) in [5.41, 5.74) is 4.68. The molecule has 3 heteroatoms. The van der Waals surface area contributed by atoms with Crippen LogP contribution in [0.15, 0.2) is 24.4 Å². The third kappa shape index (κ3) is 5.78. The molecular weight excluding hydrogens is 310 g/mol. The predicted molar refractivity (Wildman–Crippen MR) is 106 cm³/mol. The van der Waals surface area contributed by atoms with E-state index in [0.29, 0.717) is 24.3 Å². The second-order valence-electron chi connectivity index (χ2n) is 8.58. The van der Waals surface area contributed by atoms with Crippen molar-refractivity contribution in [2.45, 2.75) is 74.8 Å². The first-order valence-corrected chi connectivity index (χ1v) is 9.32. The van der Waals surface area contributed by atoms with Crippen LogP contribution < -0.4 is 0 Å². The Bertz CT molecular complexity index is 596. The molecule has 1 aliphatic heterocycles. The Morgan fingerprint density at radius 1 is 1.16 bits per heavy atom. The van der Waals surface area contributed by atoms with E-state index in [1.54, 1.807) is 0 Å². The third-order valence-corrected chi connectivity index (χ3v) is 5.55. The monoisotopic (exact) mass is 347 g/mol. The van der Waals surface area contributed by atoms with Crippen molar-refractivity contribution in [3.05, 3.63) is 41.1 Å². The smallest absolute Gasteiger partial charge is 0.118 e. The van der Waals surface area contributed by atoms with Gasteiger partial charge in [0.1, 0.15) is 5.75 Å². The zero-order valence-electron chi connectivity index (χ0n) is 17.5. The second kappa shape index (κ2) is 8.27. The zero-order valence-corrected chi connectivity index (χ0v) is 17.5. The number of phenols is 1. The number of hydrogen-bond acceptors (Lipinski definition) is 3. The fourth-order valence-electron chi connectivity index (χ4n) is 2.34. The number of phenolic OH excluding ortho intramolecular Hbond substituents is 1. The molecule has 1 aromatic rings. The van der Waals surface area contributed by atoms with Crippen molar-refractivity contribution in [3.8, 4) is 5.75 Å². The summed E-state index contributed by atoms with van der Waals surface area (Å²) in [6.45, 7) is 22.6. The third-order valence-electron chi connectivity index (χ3n) is 5.55. The molecule has 0 aliphatic carbocycles. The Morgan fingerprint density at radius 2 is 1.72 bits per heavy atom. The lowest BCUT2D eigenvalue weighted by Crippen LogP contribution is -2.19. The molecule has 1 fully saturated rings. The first kappa shape index (κ1) is 21.6. The standard InChI is InChI=1S/C15H21NO2.C7H16/c1-10-6-11(2)14(17)7-13(10)8-16-12(3)15(4,5)9-18-16;1-5-7(3,4)6-2/h6-7,17H,3,8-9H2,1-2,4-5H3;5-6H2,1-4H3. The lowest BCUT2D eigenvalue weighted by molar-refractivity contribution is -0.101. The van der Waals surface area contributed by atoms with Crippen LogP contribution >= 0.6 is 0 Å². The van der Waals surface area contributed by atoms with Crippen molar-refractivity contribution in [1.82, 2.24) is 5.06 Å². The van der Waals surface area contributed by atoms with Gasteiger partial charge in [-0.2, -0.15) is 0 Å². The highest BCUT2D eigenvalue weighted by Gasteiger charge is 2.34. The van der Waals surface area contributed by atoms with Crippen LogP contribution in [0.2, 0.25) is 0 Å². The van der Waals surface area contributed by atoms with Crippen LogP contribution in [0.5, 0.6) is 5.75 Å². The molecule has 3 nitrogen and oxygen atoms in total. The Kier molecular flexibility index (Phi) is 7.13. The van der Waals surface area contributed by atoms with E-state index in [0.717, 1.165) is 22.4 Å². The Labute approximate surface area is 154 Å². The van der Waals surface area contributed by atoms with E-state index in [-0.39, 0.29) is 5.41 Å². The van der Waals surface area contributed by atoms with E-state index >= 15 is 0 Å². The molecule has 0 saturated carbocycles. The van der Waals surface area contributed by atoms with Crippen LogP contribution in [-0.4, -0.2) is 16.8 Å². The molecule has 25 heavy (non-hydrogen) atoms. The molecule has 2 rings (SSSR count). The van der Waals surface area contributed by atoms with Gasteiger partial charge in [-0.3, -0.25) is 9.90 Å². The molecule has 1 aromatic carbocycles. The normalized spacial score (nSPS) is 16.6. The Hall–Kier alpha value is -1.48. The number of nitrogens with zero attached hydrogens (tertiary/aromatic N) is 1. The molecule has 0 aromatic heterocycles. The van der Waals surface area contributed by atoms with E-state index in [2.05, 4.69) is 48.1 Å². The van der Waals surface area contributed by atoms with Crippen molar-refractivity contribution in [2.75, 3.05) is 6.61 Å². The number of rotatable bonds is 4. The summed E-state index contributed by atoms with van der Waals surface area (Å²) >= 11 is 0. The van der Waals surface area contributed by atoms with Crippen molar-refractivity contribution in [3.63, 3.8) is 0 Å². The van der Waals surface area contributed by atoms with Crippen LogP contribution in [0.4, 0.5) is 0 Å². The lowest BCUT2D eigenvalue weighted by Gasteiger charge is -2.22. The molecule has 0 amide bonds. The van der Waals surface area contributed by atoms with Crippen LogP contribution in [0.25, 0.3) is 0 Å². The molecule has 1 saturated heterocycles. The van der Waals surface area contributed by atoms with Gasteiger partial charge >= 0.3 is 0 Å². The van der Waals surface area contributed by atoms with Crippen LogP contribution in [0.3, 0.4) is 0 Å². The number of hydroxylamine groups is 2. The fourth-order valence-corrected chi connectivity index (χ4v) is 2.34. The van der Waals surface area contributed by atoms with Gasteiger partial charge in [0.05, 0.1) is 13.2 Å². The van der Waals surface area contributed by atoms with E-state index in [1.165, 1.54) is 12.8 Å². The van der Waals surface area contributed by atoms with Gasteiger partial charge in [0.15, 0.2) is 0 Å². The highest BCUT2D eigenvalue weighted by molar-refractivity contribution is 5.40. The topological polar surface area (TPSA) is 32.7 Å². The maximum Gasteiger partial charge on any atom is 0.118 e. The summed E-state index contributed by atoms with van der Waals surface area (Å²) < 4.78 is 0. The fraction of sp³-hybridized carbons (Fsp3) is 0.636. The minimum atomic E-state index is -0.0132. The molecule has 1 aliphatic rings. The van der Waals surface area contributed by atoms with Gasteiger partial charge in [-0.05, 0) is 42.0 Å². The first-order chi connectivity index (χ1) is 11.4. The summed E-state index contributed by atoms with van der Waals surface area (Å²) in [5, 5.41) is 11.6. The van der Waals surface area contributed by atoms with Gasteiger partial charge in [0, 0.05) is 11.1 Å². The molecule has 0 bridgehead atoms. The van der Waals surface area contributed by atoms with E-state index in [1.807, 2.05) is 31.0 Å². The quantitative estimate of drug-likeness (QED) is 0.711. The Morgan fingerprint density at radius 3 is 2.12 bits per heavy atom. The maximum absolute atomic E-state index is 9.79. The lowest BCUT2D eigenvalue weighted by atomic mass is 9.88. The number of aromatic hydroxyl groups is 1. The molecule has 1 N–H and O–H groups in total. The van der Waals surface area contributed by atoms with Crippen molar-refractivity contribution < 1.29 is 9.94 Å². The number of aryl methyl sites for hydroxylation is 2. The van der Waals surface area contributed by atoms with E-state index in [9.17, 15) is 5.11 Å². The maximum atomic E-state index is 9.79. The van der Waals surface area contributed by atoms with Crippen molar-refractivity contribution >= 4 is 0 Å². The molecule has 1 heterocycles. The summed E-state index contributed by atoms with van der Waals surface area (Å²) in [6, 6.07) is 3.81. The molecule has 0 atom stereocenters.